The normalized spacial score (nSPS) is 13.0. The second-order valence-corrected chi connectivity index (χ2v) is 4.51. The molecule has 5 nitrogen and oxygen atoms in total. The number of aliphatic hydroxyl groups is 1. The minimum absolute atomic E-state index is 0.105. The van der Waals surface area contributed by atoms with Gasteiger partial charge < -0.3 is 20.5 Å². The number of benzene rings is 1. The monoisotopic (exact) mass is 305 g/mol. The van der Waals surface area contributed by atoms with E-state index in [9.17, 15) is 5.11 Å². The fourth-order valence-corrected chi connectivity index (χ4v) is 1.68. The van der Waals surface area contributed by atoms with E-state index < -0.39 is 6.10 Å². The molecule has 0 radical (unpaired) electrons. The van der Waals surface area contributed by atoms with Crippen LogP contribution in [0.1, 0.15) is 0 Å². The van der Waals surface area contributed by atoms with Crippen LogP contribution in [0, 0.1) is 0 Å². The number of hydrogen-bond donors (Lipinski definition) is 3. The van der Waals surface area contributed by atoms with Crippen molar-refractivity contribution in [1.29, 1.82) is 0 Å². The van der Waals surface area contributed by atoms with E-state index in [2.05, 4.69) is 15.6 Å². The summed E-state index contributed by atoms with van der Waals surface area (Å²) in [6.45, 7) is 0.416. The first-order valence-electron chi connectivity index (χ1n) is 5.71. The first-order chi connectivity index (χ1) is 9.08. The van der Waals surface area contributed by atoms with Crippen LogP contribution in [0.5, 0.6) is 5.75 Å². The number of aliphatic imine (C=N–C) groups is 1. The smallest absolute Gasteiger partial charge is 0.190 e. The molecule has 0 bridgehead atoms. The van der Waals surface area contributed by atoms with Crippen molar-refractivity contribution >= 4 is 29.2 Å². The molecule has 0 amide bonds. The predicted molar refractivity (Wildman–Crippen MR) is 78.4 cm³/mol. The van der Waals surface area contributed by atoms with Crippen LogP contribution in [0.15, 0.2) is 23.2 Å². The molecule has 19 heavy (non-hydrogen) atoms. The first-order valence-corrected chi connectivity index (χ1v) is 6.47. The highest BCUT2D eigenvalue weighted by molar-refractivity contribution is 6.42. The third-order valence-corrected chi connectivity index (χ3v) is 3.11. The van der Waals surface area contributed by atoms with E-state index in [0.29, 0.717) is 28.3 Å². The maximum Gasteiger partial charge on any atom is 0.190 e. The van der Waals surface area contributed by atoms with E-state index in [1.165, 1.54) is 0 Å². The number of halogens is 2. The quantitative estimate of drug-likeness (QED) is 0.570. The third-order valence-electron chi connectivity index (χ3n) is 2.31. The van der Waals surface area contributed by atoms with Crippen molar-refractivity contribution in [3.63, 3.8) is 0 Å². The highest BCUT2D eigenvalue weighted by atomic mass is 35.5. The highest BCUT2D eigenvalue weighted by Gasteiger charge is 2.09. The van der Waals surface area contributed by atoms with Crippen molar-refractivity contribution in [1.82, 2.24) is 10.6 Å². The number of guanidine groups is 1. The number of ether oxygens (including phenoxy) is 1. The van der Waals surface area contributed by atoms with Gasteiger partial charge in [-0.25, -0.2) is 0 Å². The Kier molecular flexibility index (Phi) is 6.77. The van der Waals surface area contributed by atoms with Crippen LogP contribution >= 0.6 is 23.2 Å². The SMILES string of the molecule is CN=C(NC)NCC(O)COc1cccc(Cl)c1Cl. The summed E-state index contributed by atoms with van der Waals surface area (Å²) < 4.78 is 5.41. The van der Waals surface area contributed by atoms with Crippen LogP contribution in [0.3, 0.4) is 0 Å². The molecule has 1 atom stereocenters. The molecule has 1 aromatic carbocycles. The van der Waals surface area contributed by atoms with Gasteiger partial charge in [0, 0.05) is 20.6 Å². The van der Waals surface area contributed by atoms with Gasteiger partial charge in [-0.1, -0.05) is 29.3 Å². The molecule has 1 aromatic rings. The van der Waals surface area contributed by atoms with Crippen LogP contribution in [0.4, 0.5) is 0 Å². The fourth-order valence-electron chi connectivity index (χ4n) is 1.33. The molecule has 7 heteroatoms. The Morgan fingerprint density at radius 3 is 2.84 bits per heavy atom. The van der Waals surface area contributed by atoms with Crippen molar-refractivity contribution in [2.75, 3.05) is 27.2 Å². The Labute approximate surface area is 122 Å². The van der Waals surface area contributed by atoms with E-state index in [-0.39, 0.29) is 6.61 Å². The van der Waals surface area contributed by atoms with E-state index in [1.54, 1.807) is 32.3 Å². The molecule has 0 aromatic heterocycles. The predicted octanol–water partition coefficient (Wildman–Crippen LogP) is 1.53. The molecule has 0 aliphatic carbocycles. The summed E-state index contributed by atoms with van der Waals surface area (Å²) in [5, 5.41) is 16.3. The van der Waals surface area contributed by atoms with Gasteiger partial charge in [0.1, 0.15) is 23.5 Å². The largest absolute Gasteiger partial charge is 0.489 e. The number of nitrogens with zero attached hydrogens (tertiary/aromatic N) is 1. The molecular formula is C12H17Cl2N3O2. The average Bonchev–Trinajstić information content (AvgIpc) is 2.41. The zero-order valence-electron chi connectivity index (χ0n) is 10.8. The molecule has 1 unspecified atom stereocenters. The molecule has 0 spiro atoms. The van der Waals surface area contributed by atoms with Gasteiger partial charge in [0.15, 0.2) is 5.96 Å². The lowest BCUT2D eigenvalue weighted by Crippen LogP contribution is -2.41. The first kappa shape index (κ1) is 15.9. The molecule has 0 aliphatic heterocycles. The van der Waals surface area contributed by atoms with E-state index >= 15 is 0 Å². The van der Waals surface area contributed by atoms with Crippen LogP contribution in [-0.4, -0.2) is 44.4 Å². The lowest BCUT2D eigenvalue weighted by atomic mass is 10.3. The van der Waals surface area contributed by atoms with Gasteiger partial charge in [0.05, 0.1) is 5.02 Å². The zero-order valence-corrected chi connectivity index (χ0v) is 12.3. The van der Waals surface area contributed by atoms with Gasteiger partial charge >= 0.3 is 0 Å². The number of hydrogen-bond acceptors (Lipinski definition) is 3. The third kappa shape index (κ3) is 5.14. The Morgan fingerprint density at radius 1 is 1.47 bits per heavy atom. The second-order valence-electron chi connectivity index (χ2n) is 3.72. The molecule has 0 saturated heterocycles. The molecule has 0 heterocycles. The van der Waals surface area contributed by atoms with E-state index in [1.807, 2.05) is 0 Å². The van der Waals surface area contributed by atoms with Gasteiger partial charge in [-0.05, 0) is 12.1 Å². The second kappa shape index (κ2) is 8.09. The van der Waals surface area contributed by atoms with Crippen LogP contribution < -0.4 is 15.4 Å². The van der Waals surface area contributed by atoms with Crippen LogP contribution in [-0.2, 0) is 0 Å². The van der Waals surface area contributed by atoms with Gasteiger partial charge in [-0.2, -0.15) is 0 Å². The molecule has 0 fully saturated rings. The van der Waals surface area contributed by atoms with Gasteiger partial charge in [-0.3, -0.25) is 4.99 Å². The lowest BCUT2D eigenvalue weighted by Gasteiger charge is -2.15. The van der Waals surface area contributed by atoms with E-state index in [4.69, 9.17) is 27.9 Å². The summed E-state index contributed by atoms with van der Waals surface area (Å²) in [5.41, 5.74) is 0. The van der Waals surface area contributed by atoms with Crippen molar-refractivity contribution in [3.8, 4) is 5.75 Å². The topological polar surface area (TPSA) is 65.9 Å². The molecule has 0 saturated carbocycles. The Hall–Kier alpha value is -1.17. The average molecular weight is 306 g/mol. The van der Waals surface area contributed by atoms with Gasteiger partial charge in [-0.15, -0.1) is 0 Å². The van der Waals surface area contributed by atoms with Crippen molar-refractivity contribution in [2.24, 2.45) is 4.99 Å². The van der Waals surface area contributed by atoms with Crippen LogP contribution in [0.25, 0.3) is 0 Å². The van der Waals surface area contributed by atoms with Crippen molar-refractivity contribution < 1.29 is 9.84 Å². The minimum Gasteiger partial charge on any atom is -0.489 e. The zero-order chi connectivity index (χ0) is 14.3. The molecular weight excluding hydrogens is 289 g/mol. The number of nitrogens with one attached hydrogen (secondary N) is 2. The molecule has 3 N–H and O–H groups in total. The Balaban J connectivity index is 2.42. The van der Waals surface area contributed by atoms with Gasteiger partial charge in [0.2, 0.25) is 0 Å². The van der Waals surface area contributed by atoms with Crippen molar-refractivity contribution in [2.45, 2.75) is 6.10 Å². The molecule has 1 rings (SSSR count). The lowest BCUT2D eigenvalue weighted by molar-refractivity contribution is 0.110. The summed E-state index contributed by atoms with van der Waals surface area (Å²) in [4.78, 5) is 3.93. The van der Waals surface area contributed by atoms with E-state index in [0.717, 1.165) is 0 Å². The summed E-state index contributed by atoms with van der Waals surface area (Å²) >= 11 is 11.8. The summed E-state index contributed by atoms with van der Waals surface area (Å²) in [6.07, 6.45) is -0.694. The van der Waals surface area contributed by atoms with Crippen molar-refractivity contribution in [3.05, 3.63) is 28.2 Å². The summed E-state index contributed by atoms with van der Waals surface area (Å²) in [7, 11) is 3.39. The summed E-state index contributed by atoms with van der Waals surface area (Å²) in [5.74, 6) is 1.05. The minimum atomic E-state index is -0.694. The fraction of sp³-hybridized carbons (Fsp3) is 0.417. The van der Waals surface area contributed by atoms with Crippen LogP contribution in [0.2, 0.25) is 10.0 Å². The Morgan fingerprint density at radius 2 is 2.21 bits per heavy atom. The maximum absolute atomic E-state index is 9.76. The van der Waals surface area contributed by atoms with Gasteiger partial charge in [0.25, 0.3) is 0 Å². The molecule has 106 valence electrons. The maximum atomic E-state index is 9.76. The Bertz CT molecular complexity index is 441. The standard InChI is InChI=1S/C12H17Cl2N3O2/c1-15-12(16-2)17-6-8(18)7-19-10-5-3-4-9(13)11(10)14/h3-5,8,18H,6-7H2,1-2H3,(H2,15,16,17). The number of aliphatic hydroxyl groups excluding tert-OH is 1. The highest BCUT2D eigenvalue weighted by Crippen LogP contribution is 2.31. The molecule has 0 aliphatic rings. The number of rotatable bonds is 5. The summed E-state index contributed by atoms with van der Waals surface area (Å²) in [6, 6.07) is 5.10.